The third-order valence-electron chi connectivity index (χ3n) is 6.33. The number of likely N-dealkylation sites (tertiary alicyclic amines) is 1. The Hall–Kier alpha value is -4.38. The number of methoxy groups -OCH3 is 1. The van der Waals surface area contributed by atoms with Crippen molar-refractivity contribution >= 4 is 11.4 Å². The van der Waals surface area contributed by atoms with Crippen LogP contribution < -0.4 is 9.47 Å². The number of aromatic nitrogens is 3. The second-order valence-electron chi connectivity index (χ2n) is 8.60. The van der Waals surface area contributed by atoms with E-state index in [4.69, 9.17) is 14.5 Å². The molecule has 0 aliphatic carbocycles. The number of imidazole rings is 1. The summed E-state index contributed by atoms with van der Waals surface area (Å²) in [5.74, 6) is 6.31. The van der Waals surface area contributed by atoms with E-state index in [2.05, 4.69) is 21.2 Å². The minimum Gasteiger partial charge on any atom is -0.494 e. The molecule has 1 aliphatic rings. The van der Waals surface area contributed by atoms with Gasteiger partial charge < -0.3 is 14.4 Å². The number of hydrogen-bond acceptors (Lipinski definition) is 5. The largest absolute Gasteiger partial charge is 0.494 e. The molecule has 0 spiro atoms. The number of nitrogens with zero attached hydrogens (tertiary/aromatic N) is 4. The van der Waals surface area contributed by atoms with E-state index < -0.39 is 5.82 Å². The van der Waals surface area contributed by atoms with Gasteiger partial charge in [-0.25, -0.2) is 4.98 Å². The van der Waals surface area contributed by atoms with Crippen LogP contribution in [-0.2, 0) is 4.79 Å². The molecule has 4 aromatic rings. The van der Waals surface area contributed by atoms with Crippen molar-refractivity contribution in [3.63, 3.8) is 0 Å². The smallest absolute Gasteiger partial charge is 0.298 e. The maximum atomic E-state index is 14.5. The molecule has 1 amide bonds. The minimum atomic E-state index is -0.552. The molecular formula is C28H25FN4O3. The molecule has 2 aromatic carbocycles. The average molecular weight is 485 g/mol. The van der Waals surface area contributed by atoms with E-state index >= 15 is 0 Å². The second-order valence-corrected chi connectivity index (χ2v) is 8.60. The maximum absolute atomic E-state index is 14.5. The fourth-order valence-electron chi connectivity index (χ4n) is 4.58. The van der Waals surface area contributed by atoms with Gasteiger partial charge >= 0.3 is 0 Å². The fraction of sp³-hybridized carbons (Fsp3) is 0.250. The lowest BCUT2D eigenvalue weighted by Crippen LogP contribution is -2.27. The standard InChI is InChI=1S/C28H25FN4O3/c1-4-6-25(34)32-14-13-20(17-32)28-31-27(22-16-30-15-18(2)33(22)28)19-9-11-21(12-10-19)36-24-8-5-7-23(35-3)26(24)29/h5,7-12,15-16,20H,13-14,17H2,1-3H3/t20-/m1/s1. The summed E-state index contributed by atoms with van der Waals surface area (Å²) in [7, 11) is 1.41. The average Bonchev–Trinajstić information content (AvgIpc) is 3.52. The Bertz CT molecular complexity index is 1500. The first-order valence-corrected chi connectivity index (χ1v) is 11.7. The van der Waals surface area contributed by atoms with Gasteiger partial charge in [-0.05, 0) is 62.6 Å². The summed E-state index contributed by atoms with van der Waals surface area (Å²) < 4.78 is 27.4. The van der Waals surface area contributed by atoms with Crippen LogP contribution >= 0.6 is 0 Å². The van der Waals surface area contributed by atoms with Gasteiger partial charge in [0.25, 0.3) is 5.91 Å². The molecule has 182 valence electrons. The monoisotopic (exact) mass is 484 g/mol. The van der Waals surface area contributed by atoms with Crippen molar-refractivity contribution in [3.8, 4) is 40.3 Å². The number of rotatable bonds is 5. The van der Waals surface area contributed by atoms with Gasteiger partial charge in [-0.2, -0.15) is 4.39 Å². The third-order valence-corrected chi connectivity index (χ3v) is 6.33. The van der Waals surface area contributed by atoms with Gasteiger partial charge in [-0.1, -0.05) is 12.0 Å². The first-order chi connectivity index (χ1) is 17.5. The Balaban J connectivity index is 1.46. The van der Waals surface area contributed by atoms with Gasteiger partial charge in [0.15, 0.2) is 11.5 Å². The highest BCUT2D eigenvalue weighted by atomic mass is 19.1. The number of amides is 1. The number of carbonyl (C=O) groups is 1. The summed E-state index contributed by atoms with van der Waals surface area (Å²) in [6.07, 6.45) is 4.42. The van der Waals surface area contributed by atoms with Gasteiger partial charge in [-0.3, -0.25) is 14.2 Å². The summed E-state index contributed by atoms with van der Waals surface area (Å²) in [6.45, 7) is 4.89. The number of hydrogen-bond donors (Lipinski definition) is 0. The normalized spacial score (nSPS) is 15.0. The Kier molecular flexibility index (Phi) is 6.30. The van der Waals surface area contributed by atoms with Crippen LogP contribution in [0.2, 0.25) is 0 Å². The summed E-state index contributed by atoms with van der Waals surface area (Å²) in [5, 5.41) is 0. The van der Waals surface area contributed by atoms with Gasteiger partial charge in [0.1, 0.15) is 11.6 Å². The number of ether oxygens (including phenoxy) is 2. The van der Waals surface area contributed by atoms with Crippen LogP contribution in [0.25, 0.3) is 16.8 Å². The lowest BCUT2D eigenvalue weighted by molar-refractivity contribution is -0.124. The molecule has 8 heteroatoms. The van der Waals surface area contributed by atoms with E-state index in [1.165, 1.54) is 7.11 Å². The van der Waals surface area contributed by atoms with E-state index in [0.29, 0.717) is 18.8 Å². The zero-order valence-electron chi connectivity index (χ0n) is 20.3. The number of halogens is 1. The Morgan fingerprint density at radius 2 is 1.92 bits per heavy atom. The summed E-state index contributed by atoms with van der Waals surface area (Å²) >= 11 is 0. The van der Waals surface area contributed by atoms with Crippen LogP contribution in [0, 0.1) is 24.6 Å². The molecule has 1 fully saturated rings. The summed E-state index contributed by atoms with van der Waals surface area (Å²) in [6, 6.07) is 12.1. The lowest BCUT2D eigenvalue weighted by atomic mass is 10.1. The molecule has 0 radical (unpaired) electrons. The highest BCUT2D eigenvalue weighted by Gasteiger charge is 2.31. The first-order valence-electron chi connectivity index (χ1n) is 11.7. The van der Waals surface area contributed by atoms with Crippen molar-refractivity contribution in [1.82, 2.24) is 19.3 Å². The van der Waals surface area contributed by atoms with Gasteiger partial charge in [0, 0.05) is 36.5 Å². The minimum absolute atomic E-state index is 0.0877. The number of carbonyl (C=O) groups excluding carboxylic acids is 1. The van der Waals surface area contributed by atoms with Gasteiger partial charge in [0.2, 0.25) is 5.82 Å². The molecule has 1 aliphatic heterocycles. The number of benzene rings is 2. The molecular weight excluding hydrogens is 459 g/mol. The van der Waals surface area contributed by atoms with Crippen molar-refractivity contribution in [3.05, 3.63) is 72.2 Å². The molecule has 7 nitrogen and oxygen atoms in total. The molecule has 2 aromatic heterocycles. The van der Waals surface area contributed by atoms with Crippen molar-refractivity contribution in [2.45, 2.75) is 26.2 Å². The van der Waals surface area contributed by atoms with Gasteiger partial charge in [-0.15, -0.1) is 0 Å². The summed E-state index contributed by atoms with van der Waals surface area (Å²) in [5.41, 5.74) is 3.52. The Morgan fingerprint density at radius 1 is 1.14 bits per heavy atom. The molecule has 1 atom stereocenters. The maximum Gasteiger partial charge on any atom is 0.298 e. The quantitative estimate of drug-likeness (QED) is 0.374. The lowest BCUT2D eigenvalue weighted by Gasteiger charge is -2.13. The fourth-order valence-corrected chi connectivity index (χ4v) is 4.58. The molecule has 5 rings (SSSR count). The number of aryl methyl sites for hydroxylation is 1. The Labute approximate surface area is 208 Å². The molecule has 1 saturated heterocycles. The van der Waals surface area contributed by atoms with Crippen molar-refractivity contribution in [2.75, 3.05) is 20.2 Å². The third kappa shape index (κ3) is 4.24. The zero-order chi connectivity index (χ0) is 25.2. The van der Waals surface area contributed by atoms with E-state index in [-0.39, 0.29) is 23.3 Å². The van der Waals surface area contributed by atoms with Gasteiger partial charge in [0.05, 0.1) is 24.5 Å². The molecule has 0 saturated carbocycles. The molecule has 0 N–H and O–H groups in total. The van der Waals surface area contributed by atoms with Crippen LogP contribution in [0.15, 0.2) is 54.9 Å². The zero-order valence-corrected chi connectivity index (χ0v) is 20.3. The Morgan fingerprint density at radius 3 is 2.67 bits per heavy atom. The molecule has 36 heavy (non-hydrogen) atoms. The number of fused-ring (bicyclic) bond motifs is 1. The van der Waals surface area contributed by atoms with E-state index in [0.717, 1.165) is 34.7 Å². The van der Waals surface area contributed by atoms with Crippen LogP contribution in [0.4, 0.5) is 4.39 Å². The van der Waals surface area contributed by atoms with Crippen LogP contribution in [0.3, 0.4) is 0 Å². The van der Waals surface area contributed by atoms with Crippen LogP contribution in [0.5, 0.6) is 17.2 Å². The predicted molar refractivity (Wildman–Crippen MR) is 134 cm³/mol. The van der Waals surface area contributed by atoms with Crippen molar-refractivity contribution in [1.29, 1.82) is 0 Å². The van der Waals surface area contributed by atoms with E-state index in [1.807, 2.05) is 25.3 Å². The second kappa shape index (κ2) is 9.70. The SMILES string of the molecule is CC#CC(=O)N1CC[C@@H](c2nc(-c3ccc(Oc4cccc(OC)c4F)cc3)c3cncc(C)n23)C1. The molecule has 0 unspecified atom stereocenters. The van der Waals surface area contributed by atoms with E-state index in [9.17, 15) is 9.18 Å². The first kappa shape index (κ1) is 23.4. The van der Waals surface area contributed by atoms with Crippen LogP contribution in [-0.4, -0.2) is 45.4 Å². The topological polar surface area (TPSA) is 69.0 Å². The van der Waals surface area contributed by atoms with Crippen molar-refractivity contribution < 1.29 is 18.7 Å². The molecule has 0 bridgehead atoms. The predicted octanol–water partition coefficient (Wildman–Crippen LogP) is 4.98. The van der Waals surface area contributed by atoms with Crippen molar-refractivity contribution in [2.24, 2.45) is 0 Å². The van der Waals surface area contributed by atoms with E-state index in [1.54, 1.807) is 48.4 Å². The van der Waals surface area contributed by atoms with Crippen LogP contribution in [0.1, 0.15) is 30.8 Å². The summed E-state index contributed by atoms with van der Waals surface area (Å²) in [4.78, 5) is 23.5. The highest BCUT2D eigenvalue weighted by molar-refractivity contribution is 5.93. The molecule has 3 heterocycles. The highest BCUT2D eigenvalue weighted by Crippen LogP contribution is 2.35.